The van der Waals surface area contributed by atoms with E-state index in [1.807, 2.05) is 0 Å². The molecule has 0 bridgehead atoms. The Morgan fingerprint density at radius 2 is 2.17 bits per heavy atom. The number of hydrogen-bond donors (Lipinski definition) is 2. The van der Waals surface area contributed by atoms with E-state index >= 15 is 0 Å². The van der Waals surface area contributed by atoms with Crippen molar-refractivity contribution in [1.82, 2.24) is 9.78 Å². The molecule has 1 unspecified atom stereocenters. The van der Waals surface area contributed by atoms with Crippen LogP contribution < -0.4 is 11.3 Å². The number of nitrogens with zero attached hydrogens (tertiary/aromatic N) is 1. The van der Waals surface area contributed by atoms with E-state index < -0.39 is 5.82 Å². The van der Waals surface area contributed by atoms with Crippen molar-refractivity contribution in [2.45, 2.75) is 19.9 Å². The zero-order valence-electron chi connectivity index (χ0n) is 10.00. The molecule has 0 saturated heterocycles. The Balaban J connectivity index is 2.47. The highest BCUT2D eigenvalue weighted by atomic mass is 35.5. The summed E-state index contributed by atoms with van der Waals surface area (Å²) in [5, 5.41) is 2.82. The Morgan fingerprint density at radius 1 is 1.50 bits per heavy atom. The number of benzene rings is 1. The normalized spacial score (nSPS) is 12.7. The first kappa shape index (κ1) is 12.7. The van der Waals surface area contributed by atoms with Crippen molar-refractivity contribution in [3.05, 3.63) is 50.5 Å². The molecule has 3 N–H and O–H groups in total. The Hall–Kier alpha value is -1.75. The summed E-state index contributed by atoms with van der Waals surface area (Å²) in [4.78, 5) is 11.9. The molecule has 1 aromatic carbocycles. The van der Waals surface area contributed by atoms with E-state index in [0.29, 0.717) is 11.4 Å². The molecule has 1 atom stereocenters. The van der Waals surface area contributed by atoms with Crippen LogP contribution in [0.25, 0.3) is 0 Å². The first-order valence-corrected chi connectivity index (χ1v) is 5.81. The van der Waals surface area contributed by atoms with Crippen molar-refractivity contribution in [2.75, 3.05) is 5.73 Å². The Bertz CT molecular complexity index is 647. The molecule has 0 amide bonds. The molecule has 18 heavy (non-hydrogen) atoms. The third-order valence-corrected chi connectivity index (χ3v) is 3.29. The average Bonchev–Trinajstić information content (AvgIpc) is 2.60. The lowest BCUT2D eigenvalue weighted by molar-refractivity contribution is 0.546. The minimum Gasteiger partial charge on any atom is -0.384 e. The van der Waals surface area contributed by atoms with Crippen LogP contribution in [-0.2, 0) is 0 Å². The van der Waals surface area contributed by atoms with Crippen molar-refractivity contribution < 1.29 is 4.39 Å². The van der Waals surface area contributed by atoms with E-state index in [-0.39, 0.29) is 16.6 Å². The maximum atomic E-state index is 13.1. The molecule has 1 aromatic heterocycles. The summed E-state index contributed by atoms with van der Waals surface area (Å²) in [6.45, 7) is 3.45. The number of hydrogen-bond acceptors (Lipinski definition) is 2. The van der Waals surface area contributed by atoms with Crippen molar-refractivity contribution in [3.8, 4) is 0 Å². The molecule has 96 valence electrons. The van der Waals surface area contributed by atoms with Crippen LogP contribution in [0.4, 0.5) is 10.2 Å². The number of rotatable bonds is 2. The summed E-state index contributed by atoms with van der Waals surface area (Å²) >= 11 is 5.72. The van der Waals surface area contributed by atoms with Gasteiger partial charge in [-0.3, -0.25) is 9.89 Å². The molecule has 6 heteroatoms. The van der Waals surface area contributed by atoms with Crippen molar-refractivity contribution in [1.29, 1.82) is 0 Å². The molecule has 0 radical (unpaired) electrons. The van der Waals surface area contributed by atoms with E-state index in [2.05, 4.69) is 5.10 Å². The van der Waals surface area contributed by atoms with E-state index in [9.17, 15) is 9.18 Å². The summed E-state index contributed by atoms with van der Waals surface area (Å²) < 4.78 is 14.5. The molecule has 2 aromatic rings. The van der Waals surface area contributed by atoms with Gasteiger partial charge in [0, 0.05) is 0 Å². The van der Waals surface area contributed by atoms with E-state index in [4.69, 9.17) is 17.3 Å². The van der Waals surface area contributed by atoms with Crippen LogP contribution in [0.2, 0.25) is 5.02 Å². The minimum absolute atomic E-state index is 0.0312. The lowest BCUT2D eigenvalue weighted by Crippen LogP contribution is -2.22. The third-order valence-electron chi connectivity index (χ3n) is 3.00. The van der Waals surface area contributed by atoms with Gasteiger partial charge in [-0.05, 0) is 31.5 Å². The van der Waals surface area contributed by atoms with Crippen molar-refractivity contribution in [3.63, 3.8) is 0 Å². The first-order valence-electron chi connectivity index (χ1n) is 5.43. The standard InChI is InChI=1S/C12H13ClFN3O/c1-6-11(15)16-17(12(6)18)7(2)8-3-4-10(14)9(13)5-8/h3-5,7,16H,15H2,1-2H3. The Labute approximate surface area is 108 Å². The molecular formula is C12H13ClFN3O. The number of nitrogens with one attached hydrogen (secondary N) is 1. The van der Waals surface area contributed by atoms with Gasteiger partial charge in [-0.25, -0.2) is 9.07 Å². The van der Waals surface area contributed by atoms with E-state index in [0.717, 1.165) is 5.56 Å². The number of nitrogen functional groups attached to an aromatic ring is 1. The second kappa shape index (κ2) is 4.49. The summed E-state index contributed by atoms with van der Waals surface area (Å²) in [5.41, 5.74) is 6.65. The van der Waals surface area contributed by atoms with Crippen LogP contribution in [-0.4, -0.2) is 9.78 Å². The monoisotopic (exact) mass is 269 g/mol. The van der Waals surface area contributed by atoms with Gasteiger partial charge >= 0.3 is 0 Å². The second-order valence-electron chi connectivity index (χ2n) is 4.18. The lowest BCUT2D eigenvalue weighted by Gasteiger charge is -2.13. The zero-order valence-corrected chi connectivity index (χ0v) is 10.8. The molecule has 0 aliphatic heterocycles. The summed E-state index contributed by atoms with van der Waals surface area (Å²) in [6.07, 6.45) is 0. The Morgan fingerprint density at radius 3 is 2.67 bits per heavy atom. The van der Waals surface area contributed by atoms with Crippen LogP contribution in [0.3, 0.4) is 0 Å². The number of anilines is 1. The first-order chi connectivity index (χ1) is 8.41. The number of aromatic nitrogens is 2. The maximum absolute atomic E-state index is 13.1. The molecule has 1 heterocycles. The van der Waals surface area contributed by atoms with Gasteiger partial charge in [-0.15, -0.1) is 0 Å². The van der Waals surface area contributed by atoms with Crippen molar-refractivity contribution >= 4 is 17.4 Å². The molecule has 0 saturated carbocycles. The molecule has 0 fully saturated rings. The molecular weight excluding hydrogens is 257 g/mol. The third kappa shape index (κ3) is 2.01. The van der Waals surface area contributed by atoms with E-state index in [1.165, 1.54) is 16.8 Å². The average molecular weight is 270 g/mol. The van der Waals surface area contributed by atoms with Crippen LogP contribution >= 0.6 is 11.6 Å². The molecule has 0 aliphatic carbocycles. The summed E-state index contributed by atoms with van der Waals surface area (Å²) in [6, 6.07) is 4.07. The number of halogens is 2. The number of nitrogens with two attached hydrogens (primary N) is 1. The highest BCUT2D eigenvalue weighted by Crippen LogP contribution is 2.22. The van der Waals surface area contributed by atoms with Gasteiger partial charge in [0.15, 0.2) is 0 Å². The molecule has 0 spiro atoms. The quantitative estimate of drug-likeness (QED) is 0.880. The van der Waals surface area contributed by atoms with Gasteiger partial charge in [0.1, 0.15) is 11.6 Å². The number of H-pyrrole nitrogens is 1. The lowest BCUT2D eigenvalue weighted by atomic mass is 10.1. The second-order valence-corrected chi connectivity index (χ2v) is 4.58. The van der Waals surface area contributed by atoms with Crippen LogP contribution in [0, 0.1) is 12.7 Å². The number of aromatic amines is 1. The fourth-order valence-corrected chi connectivity index (χ4v) is 1.94. The SMILES string of the molecule is Cc1c(N)[nH]n(C(C)c2ccc(F)c(Cl)c2)c1=O. The van der Waals surface area contributed by atoms with Gasteiger partial charge in [0.2, 0.25) is 0 Å². The predicted molar refractivity (Wildman–Crippen MR) is 69.4 cm³/mol. The summed E-state index contributed by atoms with van der Waals surface area (Å²) in [7, 11) is 0. The van der Waals surface area contributed by atoms with Gasteiger partial charge in [0.05, 0.1) is 16.6 Å². The predicted octanol–water partition coefficient (Wildman–Crippen LogP) is 2.47. The maximum Gasteiger partial charge on any atom is 0.272 e. The van der Waals surface area contributed by atoms with Gasteiger partial charge in [-0.2, -0.15) is 0 Å². The largest absolute Gasteiger partial charge is 0.384 e. The minimum atomic E-state index is -0.484. The highest BCUT2D eigenvalue weighted by molar-refractivity contribution is 6.30. The highest BCUT2D eigenvalue weighted by Gasteiger charge is 2.15. The van der Waals surface area contributed by atoms with Crippen LogP contribution in [0.5, 0.6) is 0 Å². The van der Waals surface area contributed by atoms with Crippen molar-refractivity contribution in [2.24, 2.45) is 0 Å². The fraction of sp³-hybridized carbons (Fsp3) is 0.250. The van der Waals surface area contributed by atoms with Crippen LogP contribution in [0.15, 0.2) is 23.0 Å². The van der Waals surface area contributed by atoms with E-state index in [1.54, 1.807) is 19.9 Å². The summed E-state index contributed by atoms with van der Waals surface area (Å²) in [5.74, 6) is -0.151. The van der Waals surface area contributed by atoms with Gasteiger partial charge < -0.3 is 5.73 Å². The molecule has 2 rings (SSSR count). The van der Waals surface area contributed by atoms with Gasteiger partial charge in [-0.1, -0.05) is 17.7 Å². The molecule has 4 nitrogen and oxygen atoms in total. The topological polar surface area (TPSA) is 63.8 Å². The fourth-order valence-electron chi connectivity index (χ4n) is 1.75. The zero-order chi connectivity index (χ0) is 13.4. The molecule has 0 aliphatic rings. The Kier molecular flexibility index (Phi) is 3.17. The van der Waals surface area contributed by atoms with Crippen LogP contribution in [0.1, 0.15) is 24.1 Å². The van der Waals surface area contributed by atoms with Gasteiger partial charge in [0.25, 0.3) is 5.56 Å². The smallest absolute Gasteiger partial charge is 0.272 e.